The highest BCUT2D eigenvalue weighted by Crippen LogP contribution is 2.31. The van der Waals surface area contributed by atoms with Crippen LogP contribution in [-0.4, -0.2) is 59.3 Å². The van der Waals surface area contributed by atoms with Gasteiger partial charge >= 0.3 is 6.09 Å². The molecule has 6 nitrogen and oxygen atoms in total. The first kappa shape index (κ1) is 18.9. The van der Waals surface area contributed by atoms with E-state index in [1.165, 1.54) is 0 Å². The van der Waals surface area contributed by atoms with Gasteiger partial charge in [-0.25, -0.2) is 18.6 Å². The molecule has 1 aromatic rings. The largest absolute Gasteiger partial charge is 0.442 e. The molecule has 10 heteroatoms. The van der Waals surface area contributed by atoms with Crippen molar-refractivity contribution in [3.05, 3.63) is 23.8 Å². The average molecular weight is 401 g/mol. The van der Waals surface area contributed by atoms with Gasteiger partial charge < -0.3 is 9.64 Å². The van der Waals surface area contributed by atoms with Crippen LogP contribution in [0.2, 0.25) is 0 Å². The molecule has 0 radical (unpaired) electrons. The lowest BCUT2D eigenvalue weighted by molar-refractivity contribution is 0.145. The third kappa shape index (κ3) is 4.08. The minimum absolute atomic E-state index is 0.0842. The van der Waals surface area contributed by atoms with E-state index in [1.807, 2.05) is 0 Å². The third-order valence-corrected chi connectivity index (χ3v) is 5.76. The zero-order valence-electron chi connectivity index (χ0n) is 13.8. The van der Waals surface area contributed by atoms with Crippen LogP contribution in [0.3, 0.4) is 0 Å². The van der Waals surface area contributed by atoms with Crippen molar-refractivity contribution in [1.82, 2.24) is 0 Å². The molecule has 2 atom stereocenters. The van der Waals surface area contributed by atoms with Crippen LogP contribution in [0.1, 0.15) is 6.42 Å². The van der Waals surface area contributed by atoms with Crippen molar-refractivity contribution in [2.75, 3.05) is 47.5 Å². The van der Waals surface area contributed by atoms with Crippen molar-refractivity contribution < 1.29 is 22.5 Å². The highest BCUT2D eigenvalue weighted by Gasteiger charge is 2.33. The summed E-state index contributed by atoms with van der Waals surface area (Å²) in [5, 5.41) is 2.19. The lowest BCUT2D eigenvalue weighted by Crippen LogP contribution is -2.29. The Bertz CT molecular complexity index is 763. The van der Waals surface area contributed by atoms with Crippen LogP contribution in [0.5, 0.6) is 0 Å². The number of rotatable bonds is 4. The Morgan fingerprint density at radius 3 is 2.73 bits per heavy atom. The molecule has 0 saturated carbocycles. The zero-order chi connectivity index (χ0) is 18.7. The second-order valence-corrected chi connectivity index (χ2v) is 7.87. The molecule has 26 heavy (non-hydrogen) atoms. The van der Waals surface area contributed by atoms with E-state index in [1.54, 1.807) is 4.90 Å². The first-order valence-corrected chi connectivity index (χ1v) is 10.00. The summed E-state index contributed by atoms with van der Waals surface area (Å²) in [5.74, 6) is -0.619. The number of amides is 1. The van der Waals surface area contributed by atoms with Gasteiger partial charge in [-0.1, -0.05) is 0 Å². The summed E-state index contributed by atoms with van der Waals surface area (Å²) in [6.07, 6.45) is -0.621. The average Bonchev–Trinajstić information content (AvgIpc) is 2.83. The SMILES string of the molecule is O=C1O[C@@H](CN=C=S)CN1c1cc(F)c(N2CCCS(=O)CC2)c(F)c1. The number of carbonyl (C=O) groups is 1. The van der Waals surface area contributed by atoms with Crippen LogP contribution in [0.4, 0.5) is 25.0 Å². The Hall–Kier alpha value is -1.90. The Balaban J connectivity index is 1.82. The van der Waals surface area contributed by atoms with Gasteiger partial charge in [0.15, 0.2) is 11.6 Å². The van der Waals surface area contributed by atoms with Crippen molar-refractivity contribution in [3.63, 3.8) is 0 Å². The monoisotopic (exact) mass is 401 g/mol. The molecule has 0 spiro atoms. The van der Waals surface area contributed by atoms with E-state index >= 15 is 0 Å². The Morgan fingerprint density at radius 2 is 2.04 bits per heavy atom. The van der Waals surface area contributed by atoms with Crippen molar-refractivity contribution in [3.8, 4) is 0 Å². The summed E-state index contributed by atoms with van der Waals surface area (Å²) in [7, 11) is -0.961. The lowest BCUT2D eigenvalue weighted by Gasteiger charge is -2.24. The zero-order valence-corrected chi connectivity index (χ0v) is 15.5. The molecule has 0 aliphatic carbocycles. The molecule has 1 aromatic carbocycles. The van der Waals surface area contributed by atoms with E-state index < -0.39 is 34.6 Å². The number of cyclic esters (lactones) is 1. The fourth-order valence-corrected chi connectivity index (χ4v) is 4.20. The van der Waals surface area contributed by atoms with Gasteiger partial charge in [0.25, 0.3) is 0 Å². The number of thiocarbonyl (C=S) groups is 1. The number of aliphatic imine (C=N–C) groups is 1. The molecule has 0 bridgehead atoms. The van der Waals surface area contributed by atoms with Crippen LogP contribution >= 0.6 is 12.2 Å². The van der Waals surface area contributed by atoms with Gasteiger partial charge in [0.05, 0.1) is 23.9 Å². The van der Waals surface area contributed by atoms with Crippen LogP contribution in [0, 0.1) is 11.6 Å². The summed E-state index contributed by atoms with van der Waals surface area (Å²) in [5.41, 5.74) is -0.0666. The molecule has 3 rings (SSSR count). The van der Waals surface area contributed by atoms with Gasteiger partial charge in [-0.2, -0.15) is 0 Å². The first-order valence-electron chi connectivity index (χ1n) is 8.10. The number of hydrogen-bond acceptors (Lipinski definition) is 6. The van der Waals surface area contributed by atoms with Crippen LogP contribution in [0.25, 0.3) is 0 Å². The van der Waals surface area contributed by atoms with Crippen molar-refractivity contribution in [1.29, 1.82) is 0 Å². The predicted molar refractivity (Wildman–Crippen MR) is 98.6 cm³/mol. The Kier molecular flexibility index (Phi) is 5.95. The minimum Gasteiger partial charge on any atom is -0.442 e. The number of ether oxygens (including phenoxy) is 1. The molecular formula is C16H17F2N3O3S2. The minimum atomic E-state index is -0.961. The number of anilines is 2. The first-order chi connectivity index (χ1) is 12.5. The summed E-state index contributed by atoms with van der Waals surface area (Å²) in [6, 6.07) is 2.23. The second kappa shape index (κ2) is 8.20. The number of isothiocyanates is 1. The van der Waals surface area contributed by atoms with Crippen molar-refractivity contribution >= 4 is 45.6 Å². The molecule has 2 aliphatic rings. The highest BCUT2D eigenvalue weighted by molar-refractivity contribution is 7.85. The third-order valence-electron chi connectivity index (χ3n) is 4.25. The Labute approximate surface area is 157 Å². The maximum Gasteiger partial charge on any atom is 0.414 e. The summed E-state index contributed by atoms with van der Waals surface area (Å²) in [6.45, 7) is 1.03. The van der Waals surface area contributed by atoms with Gasteiger partial charge in [-0.15, -0.1) is 0 Å². The maximum absolute atomic E-state index is 14.6. The topological polar surface area (TPSA) is 62.2 Å². The summed E-state index contributed by atoms with van der Waals surface area (Å²) < 4.78 is 46.0. The van der Waals surface area contributed by atoms with E-state index in [0.29, 0.717) is 31.0 Å². The normalized spacial score (nSPS) is 23.4. The van der Waals surface area contributed by atoms with Crippen LogP contribution in [-0.2, 0) is 15.5 Å². The smallest absolute Gasteiger partial charge is 0.414 e. The molecule has 2 saturated heterocycles. The molecule has 140 valence electrons. The molecule has 1 amide bonds. The van der Waals surface area contributed by atoms with Gasteiger partial charge in [0.1, 0.15) is 11.8 Å². The molecular weight excluding hydrogens is 384 g/mol. The van der Waals surface area contributed by atoms with E-state index in [-0.39, 0.29) is 24.5 Å². The fraction of sp³-hybridized carbons (Fsp3) is 0.500. The van der Waals surface area contributed by atoms with Gasteiger partial charge in [0.2, 0.25) is 0 Å². The molecule has 0 N–H and O–H groups in total. The standard InChI is InChI=1S/C16H17F2N3O3S2/c17-13-6-11(21-9-12(8-19-10-25)24-16(21)22)7-14(18)15(13)20-2-1-4-26(23)5-3-20/h6-7,12H,1-5,8-9H2/t12-,26?/m0/s1. The quantitative estimate of drug-likeness (QED) is 0.573. The van der Waals surface area contributed by atoms with Crippen LogP contribution in [0.15, 0.2) is 17.1 Å². The van der Waals surface area contributed by atoms with Gasteiger partial charge in [0, 0.05) is 47.5 Å². The molecule has 2 fully saturated rings. The van der Waals surface area contributed by atoms with Gasteiger partial charge in [-0.05, 0) is 18.6 Å². The number of carbonyl (C=O) groups excluding carboxylic acids is 1. The van der Waals surface area contributed by atoms with E-state index in [2.05, 4.69) is 22.4 Å². The predicted octanol–water partition coefficient (Wildman–Crippen LogP) is 2.35. The van der Waals surface area contributed by atoms with Crippen molar-refractivity contribution in [2.24, 2.45) is 4.99 Å². The van der Waals surface area contributed by atoms with E-state index in [0.717, 1.165) is 17.0 Å². The Morgan fingerprint density at radius 1 is 1.31 bits per heavy atom. The molecule has 0 aromatic heterocycles. The van der Waals surface area contributed by atoms with Crippen LogP contribution < -0.4 is 9.80 Å². The van der Waals surface area contributed by atoms with Crippen molar-refractivity contribution in [2.45, 2.75) is 12.5 Å². The summed E-state index contributed by atoms with van der Waals surface area (Å²) >= 11 is 4.47. The number of halogens is 2. The highest BCUT2D eigenvalue weighted by atomic mass is 32.2. The molecule has 2 aliphatic heterocycles. The molecule has 2 heterocycles. The second-order valence-electron chi connectivity index (χ2n) is 6.00. The number of benzene rings is 1. The van der Waals surface area contributed by atoms with Gasteiger partial charge in [-0.3, -0.25) is 9.11 Å². The lowest BCUT2D eigenvalue weighted by atomic mass is 10.2. The maximum atomic E-state index is 14.6. The summed E-state index contributed by atoms with van der Waals surface area (Å²) in [4.78, 5) is 18.4. The number of nitrogens with zero attached hydrogens (tertiary/aromatic N) is 3. The number of hydrogen-bond donors (Lipinski definition) is 0. The van der Waals surface area contributed by atoms with E-state index in [9.17, 15) is 17.8 Å². The molecule has 1 unspecified atom stereocenters. The fourth-order valence-electron chi connectivity index (χ4n) is 3.04. The van der Waals surface area contributed by atoms with E-state index in [4.69, 9.17) is 4.74 Å².